The van der Waals surface area contributed by atoms with Gasteiger partial charge in [-0.3, -0.25) is 4.79 Å². The van der Waals surface area contributed by atoms with Gasteiger partial charge >= 0.3 is 0 Å². The number of benzene rings is 1. The average Bonchev–Trinajstić information content (AvgIpc) is 2.46. The third-order valence-electron chi connectivity index (χ3n) is 3.55. The van der Waals surface area contributed by atoms with Gasteiger partial charge in [-0.15, -0.1) is 0 Å². The smallest absolute Gasteiger partial charge is 0.222 e. The minimum atomic E-state index is 0.107. The van der Waals surface area contributed by atoms with E-state index in [4.69, 9.17) is 16.9 Å². The second-order valence-corrected chi connectivity index (χ2v) is 5.06. The highest BCUT2D eigenvalue weighted by Gasteiger charge is 2.24. The van der Waals surface area contributed by atoms with E-state index in [2.05, 4.69) is 16.3 Å². The highest BCUT2D eigenvalue weighted by Crippen LogP contribution is 2.27. The van der Waals surface area contributed by atoms with Gasteiger partial charge in [0, 0.05) is 31.7 Å². The van der Waals surface area contributed by atoms with Crippen LogP contribution in [-0.2, 0) is 4.79 Å². The van der Waals surface area contributed by atoms with Crippen LogP contribution in [0, 0.1) is 17.2 Å². The number of hydrogen-bond acceptors (Lipinski definition) is 3. The van der Waals surface area contributed by atoms with Crippen molar-refractivity contribution in [3.63, 3.8) is 0 Å². The molecule has 2 rings (SSSR count). The fourth-order valence-electron chi connectivity index (χ4n) is 2.40. The van der Waals surface area contributed by atoms with E-state index in [1.54, 1.807) is 13.1 Å². The molecule has 5 heteroatoms. The van der Waals surface area contributed by atoms with Crippen molar-refractivity contribution in [1.29, 1.82) is 5.26 Å². The minimum Gasteiger partial charge on any atom is -0.371 e. The van der Waals surface area contributed by atoms with E-state index in [0.29, 0.717) is 10.6 Å². The van der Waals surface area contributed by atoms with Gasteiger partial charge in [-0.05, 0) is 31.0 Å². The first-order valence-corrected chi connectivity index (χ1v) is 6.69. The first-order valence-electron chi connectivity index (χ1n) is 6.32. The molecule has 0 saturated carbocycles. The predicted molar refractivity (Wildman–Crippen MR) is 75.2 cm³/mol. The molecule has 0 aliphatic carbocycles. The third-order valence-corrected chi connectivity index (χ3v) is 3.86. The number of nitrogens with one attached hydrogen (secondary N) is 1. The summed E-state index contributed by atoms with van der Waals surface area (Å²) in [4.78, 5) is 13.8. The Labute approximate surface area is 118 Å². The van der Waals surface area contributed by atoms with Gasteiger partial charge < -0.3 is 10.2 Å². The second kappa shape index (κ2) is 5.94. The molecule has 1 aromatic carbocycles. The van der Waals surface area contributed by atoms with E-state index in [1.807, 2.05) is 12.1 Å². The van der Waals surface area contributed by atoms with E-state index in [-0.39, 0.29) is 11.8 Å². The van der Waals surface area contributed by atoms with Crippen LogP contribution in [-0.4, -0.2) is 26.0 Å². The van der Waals surface area contributed by atoms with Gasteiger partial charge in [0.2, 0.25) is 5.91 Å². The lowest BCUT2D eigenvalue weighted by atomic mass is 9.95. The first-order chi connectivity index (χ1) is 9.15. The van der Waals surface area contributed by atoms with Crippen molar-refractivity contribution in [3.8, 4) is 6.07 Å². The fraction of sp³-hybridized carbons (Fsp3) is 0.429. The van der Waals surface area contributed by atoms with Gasteiger partial charge in [0.25, 0.3) is 0 Å². The molecular weight excluding hydrogens is 262 g/mol. The van der Waals surface area contributed by atoms with Crippen molar-refractivity contribution >= 4 is 23.2 Å². The molecule has 100 valence electrons. The fourth-order valence-corrected chi connectivity index (χ4v) is 2.61. The molecule has 0 atom stereocenters. The molecule has 0 spiro atoms. The molecular formula is C14H16ClN3O. The summed E-state index contributed by atoms with van der Waals surface area (Å²) >= 11 is 6.04. The van der Waals surface area contributed by atoms with E-state index in [1.165, 1.54) is 0 Å². The van der Waals surface area contributed by atoms with Crippen molar-refractivity contribution in [2.45, 2.75) is 12.8 Å². The van der Waals surface area contributed by atoms with Crippen LogP contribution in [0.4, 0.5) is 5.69 Å². The molecule has 1 aliphatic heterocycles. The van der Waals surface area contributed by atoms with E-state index >= 15 is 0 Å². The summed E-state index contributed by atoms with van der Waals surface area (Å²) in [5, 5.41) is 12.0. The summed E-state index contributed by atoms with van der Waals surface area (Å²) in [6.07, 6.45) is 1.69. The van der Waals surface area contributed by atoms with Gasteiger partial charge in [0.05, 0.1) is 10.6 Å². The number of halogens is 1. The molecule has 1 saturated heterocycles. The Morgan fingerprint density at radius 2 is 2.16 bits per heavy atom. The normalized spacial score (nSPS) is 15.9. The number of carbonyl (C=O) groups excluding carboxylic acids is 1. The Bertz CT molecular complexity index is 516. The SMILES string of the molecule is CNC(=O)C1CCN(c2ccc(C#N)c(Cl)c2)CC1. The first kappa shape index (κ1) is 13.7. The Balaban J connectivity index is 2.04. The summed E-state index contributed by atoms with van der Waals surface area (Å²) < 4.78 is 0. The number of piperidine rings is 1. The van der Waals surface area contributed by atoms with E-state index in [9.17, 15) is 4.79 Å². The zero-order valence-electron chi connectivity index (χ0n) is 10.8. The summed E-state index contributed by atoms with van der Waals surface area (Å²) in [6.45, 7) is 1.67. The highest BCUT2D eigenvalue weighted by atomic mass is 35.5. The van der Waals surface area contributed by atoms with Crippen LogP contribution in [0.15, 0.2) is 18.2 Å². The van der Waals surface area contributed by atoms with Crippen LogP contribution < -0.4 is 10.2 Å². The zero-order chi connectivity index (χ0) is 13.8. The topological polar surface area (TPSA) is 56.1 Å². The summed E-state index contributed by atoms with van der Waals surface area (Å²) in [7, 11) is 1.68. The van der Waals surface area contributed by atoms with Crippen LogP contribution in [0.25, 0.3) is 0 Å². The minimum absolute atomic E-state index is 0.107. The molecule has 19 heavy (non-hydrogen) atoms. The van der Waals surface area contributed by atoms with Crippen LogP contribution >= 0.6 is 11.6 Å². The molecule has 1 N–H and O–H groups in total. The largest absolute Gasteiger partial charge is 0.371 e. The van der Waals surface area contributed by atoms with Crippen molar-refractivity contribution in [2.75, 3.05) is 25.0 Å². The Kier molecular flexibility index (Phi) is 4.28. The number of anilines is 1. The average molecular weight is 278 g/mol. The molecule has 0 aromatic heterocycles. The third kappa shape index (κ3) is 2.99. The van der Waals surface area contributed by atoms with Crippen LogP contribution in [0.2, 0.25) is 5.02 Å². The Hall–Kier alpha value is -1.73. The standard InChI is InChI=1S/C14H16ClN3O/c1-17-14(19)10-4-6-18(7-5-10)12-3-2-11(9-16)13(15)8-12/h2-3,8,10H,4-7H2,1H3,(H,17,19). The molecule has 0 unspecified atom stereocenters. The molecule has 1 aliphatic rings. The van der Waals surface area contributed by atoms with Crippen LogP contribution in [0.3, 0.4) is 0 Å². The quantitative estimate of drug-likeness (QED) is 0.901. The lowest BCUT2D eigenvalue weighted by molar-refractivity contribution is -0.125. The monoisotopic (exact) mass is 277 g/mol. The van der Waals surface area contributed by atoms with Gasteiger partial charge in [-0.2, -0.15) is 5.26 Å². The second-order valence-electron chi connectivity index (χ2n) is 4.65. The van der Waals surface area contributed by atoms with Crippen LogP contribution in [0.1, 0.15) is 18.4 Å². The molecule has 1 amide bonds. The van der Waals surface area contributed by atoms with Crippen molar-refractivity contribution in [2.24, 2.45) is 5.92 Å². The number of nitrogens with zero attached hydrogens (tertiary/aromatic N) is 2. The molecule has 0 radical (unpaired) electrons. The molecule has 4 nitrogen and oxygen atoms in total. The molecule has 1 heterocycles. The lowest BCUT2D eigenvalue weighted by Gasteiger charge is -2.33. The van der Waals surface area contributed by atoms with Gasteiger partial charge in [-0.25, -0.2) is 0 Å². The predicted octanol–water partition coefficient (Wildman–Crippen LogP) is 2.17. The maximum atomic E-state index is 11.6. The van der Waals surface area contributed by atoms with E-state index < -0.39 is 0 Å². The van der Waals surface area contributed by atoms with Crippen LogP contribution in [0.5, 0.6) is 0 Å². The van der Waals surface area contributed by atoms with Crippen molar-refractivity contribution < 1.29 is 4.79 Å². The summed E-state index contributed by atoms with van der Waals surface area (Å²) in [5.41, 5.74) is 1.50. The molecule has 0 bridgehead atoms. The molecule has 1 fully saturated rings. The van der Waals surface area contributed by atoms with Crippen molar-refractivity contribution in [3.05, 3.63) is 28.8 Å². The number of rotatable bonds is 2. The highest BCUT2D eigenvalue weighted by molar-refractivity contribution is 6.32. The summed E-state index contributed by atoms with van der Waals surface area (Å²) in [5.74, 6) is 0.229. The summed E-state index contributed by atoms with van der Waals surface area (Å²) in [6, 6.07) is 7.52. The molecule has 1 aromatic rings. The van der Waals surface area contributed by atoms with Gasteiger partial charge in [0.15, 0.2) is 0 Å². The van der Waals surface area contributed by atoms with Gasteiger partial charge in [0.1, 0.15) is 6.07 Å². The lowest BCUT2D eigenvalue weighted by Crippen LogP contribution is -2.39. The number of amides is 1. The number of hydrogen-bond donors (Lipinski definition) is 1. The zero-order valence-corrected chi connectivity index (χ0v) is 11.6. The van der Waals surface area contributed by atoms with Gasteiger partial charge in [-0.1, -0.05) is 11.6 Å². The Morgan fingerprint density at radius 3 is 2.68 bits per heavy atom. The number of carbonyl (C=O) groups is 1. The van der Waals surface area contributed by atoms with Crippen molar-refractivity contribution in [1.82, 2.24) is 5.32 Å². The van der Waals surface area contributed by atoms with E-state index in [0.717, 1.165) is 31.6 Å². The maximum absolute atomic E-state index is 11.6. The number of nitriles is 1. The maximum Gasteiger partial charge on any atom is 0.222 e. The Morgan fingerprint density at radius 1 is 1.47 bits per heavy atom.